The van der Waals surface area contributed by atoms with Crippen LogP contribution in [0.4, 0.5) is 0 Å². The van der Waals surface area contributed by atoms with Gasteiger partial charge in [-0.2, -0.15) is 0 Å². The number of hydrogen-bond acceptors (Lipinski definition) is 5. The fraction of sp³-hybridized carbons (Fsp3) is 1.00. The van der Waals surface area contributed by atoms with Crippen LogP contribution in [0.15, 0.2) is 0 Å². The largest absolute Gasteiger partial charge is 0.377 e. The van der Waals surface area contributed by atoms with Gasteiger partial charge in [-0.3, -0.25) is 16.0 Å². The Morgan fingerprint density at radius 3 is 2.47 bits per heavy atom. The van der Waals surface area contributed by atoms with Gasteiger partial charge in [-0.15, -0.1) is 0 Å². The van der Waals surface area contributed by atoms with E-state index < -0.39 is 0 Å². The number of nitrogens with one attached hydrogen (secondary N) is 4. The van der Waals surface area contributed by atoms with E-state index in [1.54, 1.807) is 0 Å². The fourth-order valence-electron chi connectivity index (χ4n) is 6.35. The van der Waals surface area contributed by atoms with Gasteiger partial charge in [0.15, 0.2) is 0 Å². The molecule has 3 atom stereocenters. The SMILES string of the molecule is CC1CCCC(C2CNC(NC3CCC(CCNCC4CCCO4)CC3)NC2)CC1.[HH].[HH]. The lowest BCUT2D eigenvalue weighted by Gasteiger charge is -2.39. The Morgan fingerprint density at radius 2 is 1.70 bits per heavy atom. The van der Waals surface area contributed by atoms with Crippen molar-refractivity contribution in [2.45, 2.75) is 102 Å². The third-order valence-corrected chi connectivity index (χ3v) is 8.51. The highest BCUT2D eigenvalue weighted by molar-refractivity contribution is 4.86. The Hall–Kier alpha value is -0.200. The van der Waals surface area contributed by atoms with Gasteiger partial charge in [-0.1, -0.05) is 32.6 Å². The zero-order valence-electron chi connectivity index (χ0n) is 19.5. The van der Waals surface area contributed by atoms with Crippen LogP contribution in [0.5, 0.6) is 0 Å². The number of ether oxygens (including phenoxy) is 1. The predicted octanol–water partition coefficient (Wildman–Crippen LogP) is 4.09. The smallest absolute Gasteiger partial charge is 0.112 e. The maximum absolute atomic E-state index is 5.70. The zero-order valence-corrected chi connectivity index (χ0v) is 19.5. The Bertz CT molecular complexity index is 479. The van der Waals surface area contributed by atoms with Crippen molar-refractivity contribution in [2.75, 3.05) is 32.8 Å². The highest BCUT2D eigenvalue weighted by atomic mass is 16.5. The highest BCUT2D eigenvalue weighted by Gasteiger charge is 2.30. The third-order valence-electron chi connectivity index (χ3n) is 8.51. The van der Waals surface area contributed by atoms with Crippen LogP contribution in [0.3, 0.4) is 0 Å². The summed E-state index contributed by atoms with van der Waals surface area (Å²) in [6.45, 7) is 8.00. The Kier molecular flexibility index (Phi) is 9.31. The molecule has 2 heterocycles. The van der Waals surface area contributed by atoms with E-state index in [-0.39, 0.29) is 2.85 Å². The second-order valence-electron chi connectivity index (χ2n) is 10.9. The summed E-state index contributed by atoms with van der Waals surface area (Å²) in [4.78, 5) is 0. The molecule has 30 heavy (non-hydrogen) atoms. The zero-order chi connectivity index (χ0) is 20.6. The lowest BCUT2D eigenvalue weighted by Crippen LogP contribution is -2.62. The molecule has 2 aliphatic heterocycles. The van der Waals surface area contributed by atoms with Gasteiger partial charge in [0.05, 0.1) is 6.10 Å². The van der Waals surface area contributed by atoms with Crippen molar-refractivity contribution in [1.82, 2.24) is 21.3 Å². The molecule has 4 rings (SSSR count). The van der Waals surface area contributed by atoms with Crippen molar-refractivity contribution in [3.63, 3.8) is 0 Å². The highest BCUT2D eigenvalue weighted by Crippen LogP contribution is 2.32. The molecule has 0 radical (unpaired) electrons. The summed E-state index contributed by atoms with van der Waals surface area (Å²) in [5, 5.41) is 15.1. The summed E-state index contributed by atoms with van der Waals surface area (Å²) in [5.41, 5.74) is 0. The molecule has 5 nitrogen and oxygen atoms in total. The quantitative estimate of drug-likeness (QED) is 0.349. The first-order valence-corrected chi connectivity index (χ1v) is 13.3. The molecular weight excluding hydrogens is 372 g/mol. The minimum Gasteiger partial charge on any atom is -0.377 e. The molecule has 0 aromatic rings. The monoisotopic (exact) mass is 424 g/mol. The van der Waals surface area contributed by atoms with Crippen LogP contribution < -0.4 is 21.3 Å². The van der Waals surface area contributed by atoms with E-state index in [1.807, 2.05) is 0 Å². The average Bonchev–Trinajstić information content (AvgIpc) is 3.20. The van der Waals surface area contributed by atoms with Gasteiger partial charge in [0.25, 0.3) is 0 Å². The van der Waals surface area contributed by atoms with E-state index in [4.69, 9.17) is 4.74 Å². The van der Waals surface area contributed by atoms with Crippen molar-refractivity contribution in [3.05, 3.63) is 0 Å². The molecule has 0 spiro atoms. The van der Waals surface area contributed by atoms with Gasteiger partial charge in [-0.25, -0.2) is 0 Å². The summed E-state index contributed by atoms with van der Waals surface area (Å²) in [5.74, 6) is 3.61. The van der Waals surface area contributed by atoms with Gasteiger partial charge in [-0.05, 0) is 81.6 Å². The molecule has 4 aliphatic rings. The maximum Gasteiger partial charge on any atom is 0.112 e. The van der Waals surface area contributed by atoms with Crippen LogP contribution in [-0.2, 0) is 4.74 Å². The van der Waals surface area contributed by atoms with Crippen LogP contribution in [0.25, 0.3) is 0 Å². The van der Waals surface area contributed by atoms with Crippen molar-refractivity contribution in [1.29, 1.82) is 0 Å². The van der Waals surface area contributed by atoms with Crippen molar-refractivity contribution in [2.24, 2.45) is 23.7 Å². The Morgan fingerprint density at radius 1 is 0.867 bits per heavy atom. The number of hydrogen-bond donors (Lipinski definition) is 4. The van der Waals surface area contributed by atoms with E-state index in [9.17, 15) is 0 Å². The standard InChI is InChI=1S/C25H48N4O.2H2/c1-19-4-2-5-21(10-7-19)22-16-27-25(28-17-22)29-23-11-8-20(9-12-23)13-14-26-18-24-6-3-15-30-24;;/h19-29H,2-18H2,1H3;2*1H. The fourth-order valence-corrected chi connectivity index (χ4v) is 6.35. The summed E-state index contributed by atoms with van der Waals surface area (Å²) >= 11 is 0. The minimum atomic E-state index is 0. The topological polar surface area (TPSA) is 57.3 Å². The lowest BCUT2D eigenvalue weighted by molar-refractivity contribution is 0.109. The van der Waals surface area contributed by atoms with Gasteiger partial charge in [0.1, 0.15) is 6.29 Å². The first kappa shape index (κ1) is 23.0. The molecule has 0 bridgehead atoms. The molecule has 0 aromatic carbocycles. The molecule has 3 unspecified atom stereocenters. The van der Waals surface area contributed by atoms with E-state index in [0.29, 0.717) is 18.4 Å². The number of rotatable bonds is 8. The summed E-state index contributed by atoms with van der Waals surface area (Å²) < 4.78 is 5.70. The van der Waals surface area contributed by atoms with Crippen molar-refractivity contribution < 1.29 is 7.59 Å². The van der Waals surface area contributed by atoms with Gasteiger partial charge in [0.2, 0.25) is 0 Å². The molecule has 2 saturated heterocycles. The van der Waals surface area contributed by atoms with Crippen LogP contribution >= 0.6 is 0 Å². The molecular formula is C25H52N4O. The molecule has 4 N–H and O–H groups in total. The van der Waals surface area contributed by atoms with Gasteiger partial charge >= 0.3 is 0 Å². The molecule has 4 fully saturated rings. The predicted molar refractivity (Wildman–Crippen MR) is 129 cm³/mol. The summed E-state index contributed by atoms with van der Waals surface area (Å²) in [7, 11) is 0. The molecule has 5 heteroatoms. The second-order valence-corrected chi connectivity index (χ2v) is 10.9. The lowest BCUT2D eigenvalue weighted by atomic mass is 9.83. The van der Waals surface area contributed by atoms with Crippen molar-refractivity contribution >= 4 is 0 Å². The van der Waals surface area contributed by atoms with E-state index >= 15 is 0 Å². The van der Waals surface area contributed by atoms with Crippen LogP contribution in [0.1, 0.15) is 86.8 Å². The van der Waals surface area contributed by atoms with Crippen LogP contribution in [0.2, 0.25) is 0 Å². The van der Waals surface area contributed by atoms with E-state index in [1.165, 1.54) is 90.1 Å². The van der Waals surface area contributed by atoms with Crippen LogP contribution in [0, 0.1) is 23.7 Å². The molecule has 178 valence electrons. The summed E-state index contributed by atoms with van der Waals surface area (Å²) in [6, 6.07) is 0.682. The minimum absolute atomic E-state index is 0. The van der Waals surface area contributed by atoms with E-state index in [2.05, 4.69) is 28.2 Å². The second kappa shape index (κ2) is 12.2. The normalized spacial score (nSPS) is 40.9. The molecule has 0 amide bonds. The maximum atomic E-state index is 5.70. The third kappa shape index (κ3) is 7.16. The Labute approximate surface area is 188 Å². The van der Waals surface area contributed by atoms with Crippen LogP contribution in [-0.4, -0.2) is 51.2 Å². The van der Waals surface area contributed by atoms with Gasteiger partial charge < -0.3 is 10.1 Å². The average molecular weight is 425 g/mol. The molecule has 0 aromatic heterocycles. The first-order chi connectivity index (χ1) is 14.8. The Balaban J connectivity index is 0.00000181. The van der Waals surface area contributed by atoms with Crippen molar-refractivity contribution in [3.8, 4) is 0 Å². The van der Waals surface area contributed by atoms with Gasteiger partial charge in [0, 0.05) is 35.1 Å². The molecule has 2 aliphatic carbocycles. The molecule has 2 saturated carbocycles. The van der Waals surface area contributed by atoms with E-state index in [0.717, 1.165) is 43.4 Å². The first-order valence-electron chi connectivity index (χ1n) is 13.3. The summed E-state index contributed by atoms with van der Waals surface area (Å²) in [6.07, 6.45) is 17.3.